The predicted molar refractivity (Wildman–Crippen MR) is 71.1 cm³/mol. The van der Waals surface area contributed by atoms with Gasteiger partial charge in [-0.1, -0.05) is 11.8 Å². The van der Waals surface area contributed by atoms with Crippen LogP contribution in [0.25, 0.3) is 0 Å². The Hall–Kier alpha value is -1.53. The molecule has 0 bridgehead atoms. The Morgan fingerprint density at radius 3 is 2.26 bits per heavy atom. The molecule has 19 heavy (non-hydrogen) atoms. The van der Waals surface area contributed by atoms with Gasteiger partial charge in [-0.05, 0) is 30.3 Å². The minimum atomic E-state index is -1.10. The second-order valence-electron chi connectivity index (χ2n) is 3.69. The molecule has 2 aromatic carbocycles. The lowest BCUT2D eigenvalue weighted by molar-refractivity contribution is 0.0693. The van der Waals surface area contributed by atoms with Crippen LogP contribution in [-0.4, -0.2) is 11.1 Å². The van der Waals surface area contributed by atoms with Crippen LogP contribution in [0.4, 0.5) is 8.78 Å². The summed E-state index contributed by atoms with van der Waals surface area (Å²) in [7, 11) is 0. The lowest BCUT2D eigenvalue weighted by Gasteiger charge is -2.05. The molecule has 0 radical (unpaired) electrons. The molecule has 0 saturated carbocycles. The largest absolute Gasteiger partial charge is 0.478 e. The van der Waals surface area contributed by atoms with E-state index in [-0.39, 0.29) is 5.56 Å². The molecule has 0 amide bonds. The van der Waals surface area contributed by atoms with Gasteiger partial charge in [0.05, 0.1) is 5.56 Å². The van der Waals surface area contributed by atoms with Gasteiger partial charge < -0.3 is 5.11 Å². The van der Waals surface area contributed by atoms with Crippen molar-refractivity contribution in [3.8, 4) is 0 Å². The first-order valence-electron chi connectivity index (χ1n) is 5.16. The van der Waals surface area contributed by atoms with Gasteiger partial charge >= 0.3 is 5.97 Å². The number of carbonyl (C=O) groups is 1. The summed E-state index contributed by atoms with van der Waals surface area (Å²) in [5.74, 6) is -2.45. The smallest absolute Gasteiger partial charge is 0.336 e. The fraction of sp³-hybridized carbons (Fsp3) is 0. The molecule has 2 rings (SSSR count). The highest BCUT2D eigenvalue weighted by atomic mass is 32.2. The van der Waals surface area contributed by atoms with E-state index in [1.807, 2.05) is 0 Å². The standard InChI is InChI=1S/C13H8F2O2S2/c14-7-3-8(15)5-10(4-7)19-9-1-2-12(18)11(6-9)13(16)17/h1-6,18H,(H,16,17). The maximum atomic E-state index is 13.0. The lowest BCUT2D eigenvalue weighted by Crippen LogP contribution is -1.97. The van der Waals surface area contributed by atoms with E-state index in [1.54, 1.807) is 6.07 Å². The number of rotatable bonds is 3. The first kappa shape index (κ1) is 13.9. The van der Waals surface area contributed by atoms with Gasteiger partial charge in [0.1, 0.15) is 11.6 Å². The summed E-state index contributed by atoms with van der Waals surface area (Å²) >= 11 is 5.11. The van der Waals surface area contributed by atoms with Crippen molar-refractivity contribution in [2.45, 2.75) is 14.7 Å². The summed E-state index contributed by atoms with van der Waals surface area (Å²) in [6.07, 6.45) is 0. The fourth-order valence-corrected chi connectivity index (χ4v) is 2.64. The average Bonchev–Trinajstić information content (AvgIpc) is 2.30. The number of thiol groups is 1. The number of hydrogen-bond donors (Lipinski definition) is 2. The fourth-order valence-electron chi connectivity index (χ4n) is 1.47. The zero-order valence-corrected chi connectivity index (χ0v) is 11.1. The van der Waals surface area contributed by atoms with Crippen LogP contribution in [0.3, 0.4) is 0 Å². The molecule has 0 aromatic heterocycles. The highest BCUT2D eigenvalue weighted by Gasteiger charge is 2.10. The molecule has 0 aliphatic rings. The molecule has 98 valence electrons. The van der Waals surface area contributed by atoms with E-state index in [1.165, 1.54) is 24.3 Å². The number of benzene rings is 2. The second kappa shape index (κ2) is 5.63. The molecule has 2 nitrogen and oxygen atoms in total. The number of carboxylic acid groups (broad SMARTS) is 1. The van der Waals surface area contributed by atoms with Crippen LogP contribution in [0.1, 0.15) is 10.4 Å². The lowest BCUT2D eigenvalue weighted by atomic mass is 10.2. The molecule has 0 spiro atoms. The second-order valence-corrected chi connectivity index (χ2v) is 5.32. The van der Waals surface area contributed by atoms with Gasteiger partial charge in [-0.3, -0.25) is 0 Å². The van der Waals surface area contributed by atoms with Gasteiger partial charge in [-0.15, -0.1) is 12.6 Å². The van der Waals surface area contributed by atoms with E-state index >= 15 is 0 Å². The number of halogens is 2. The normalized spacial score (nSPS) is 10.5. The zero-order chi connectivity index (χ0) is 14.0. The third-order valence-corrected chi connectivity index (χ3v) is 3.62. The molecule has 0 fully saturated rings. The SMILES string of the molecule is O=C(O)c1cc(Sc2cc(F)cc(F)c2)ccc1S. The summed E-state index contributed by atoms with van der Waals surface area (Å²) < 4.78 is 26.1. The van der Waals surface area contributed by atoms with Crippen LogP contribution in [-0.2, 0) is 0 Å². The van der Waals surface area contributed by atoms with Crippen molar-refractivity contribution in [1.82, 2.24) is 0 Å². The summed E-state index contributed by atoms with van der Waals surface area (Å²) in [4.78, 5) is 12.2. The third kappa shape index (κ3) is 3.48. The maximum Gasteiger partial charge on any atom is 0.336 e. The highest BCUT2D eigenvalue weighted by Crippen LogP contribution is 2.31. The zero-order valence-electron chi connectivity index (χ0n) is 9.43. The van der Waals surface area contributed by atoms with Crippen molar-refractivity contribution in [1.29, 1.82) is 0 Å². The molecule has 0 aliphatic carbocycles. The summed E-state index contributed by atoms with van der Waals surface area (Å²) in [6.45, 7) is 0. The first-order valence-corrected chi connectivity index (χ1v) is 6.42. The maximum absolute atomic E-state index is 13.0. The van der Waals surface area contributed by atoms with Crippen LogP contribution < -0.4 is 0 Å². The van der Waals surface area contributed by atoms with E-state index in [0.29, 0.717) is 14.7 Å². The molecule has 2 aromatic rings. The van der Waals surface area contributed by atoms with Crippen LogP contribution in [0.15, 0.2) is 51.1 Å². The minimum Gasteiger partial charge on any atom is -0.478 e. The van der Waals surface area contributed by atoms with Crippen molar-refractivity contribution in [3.05, 3.63) is 53.6 Å². The molecule has 0 atom stereocenters. The van der Waals surface area contributed by atoms with Crippen LogP contribution in [0.2, 0.25) is 0 Å². The van der Waals surface area contributed by atoms with Crippen molar-refractivity contribution < 1.29 is 18.7 Å². The van der Waals surface area contributed by atoms with E-state index in [0.717, 1.165) is 17.8 Å². The van der Waals surface area contributed by atoms with Gasteiger partial charge in [0.2, 0.25) is 0 Å². The van der Waals surface area contributed by atoms with Crippen LogP contribution >= 0.6 is 24.4 Å². The molecular formula is C13H8F2O2S2. The Bertz CT molecular complexity index is 624. The summed E-state index contributed by atoms with van der Waals surface area (Å²) in [5.41, 5.74) is 0.0465. The number of hydrogen-bond acceptors (Lipinski definition) is 3. The van der Waals surface area contributed by atoms with E-state index in [2.05, 4.69) is 12.6 Å². The Labute approximate surface area is 117 Å². The number of aromatic carboxylic acids is 1. The monoisotopic (exact) mass is 298 g/mol. The van der Waals surface area contributed by atoms with E-state index in [4.69, 9.17) is 5.11 Å². The van der Waals surface area contributed by atoms with Gasteiger partial charge in [0.25, 0.3) is 0 Å². The predicted octanol–water partition coefficient (Wildman–Crippen LogP) is 4.10. The third-order valence-electron chi connectivity index (χ3n) is 2.27. The molecule has 1 N–H and O–H groups in total. The minimum absolute atomic E-state index is 0.0465. The van der Waals surface area contributed by atoms with E-state index < -0.39 is 17.6 Å². The van der Waals surface area contributed by atoms with Gasteiger partial charge in [0.15, 0.2) is 0 Å². The van der Waals surface area contributed by atoms with E-state index in [9.17, 15) is 13.6 Å². The van der Waals surface area contributed by atoms with Crippen LogP contribution in [0, 0.1) is 11.6 Å². The van der Waals surface area contributed by atoms with Gasteiger partial charge in [0, 0.05) is 20.8 Å². The van der Waals surface area contributed by atoms with Gasteiger partial charge in [-0.2, -0.15) is 0 Å². The molecule has 0 aliphatic heterocycles. The molecule has 0 unspecified atom stereocenters. The number of carboxylic acids is 1. The Balaban J connectivity index is 2.33. The summed E-state index contributed by atoms with van der Waals surface area (Å²) in [5, 5.41) is 8.97. The molecule has 6 heteroatoms. The summed E-state index contributed by atoms with van der Waals surface area (Å²) in [6, 6.07) is 7.74. The van der Waals surface area contributed by atoms with Crippen molar-refractivity contribution in [2.24, 2.45) is 0 Å². The van der Waals surface area contributed by atoms with Crippen molar-refractivity contribution >= 4 is 30.4 Å². The quantitative estimate of drug-likeness (QED) is 0.838. The molecule has 0 saturated heterocycles. The average molecular weight is 298 g/mol. The Morgan fingerprint density at radius 1 is 1.05 bits per heavy atom. The van der Waals surface area contributed by atoms with Crippen molar-refractivity contribution in [2.75, 3.05) is 0 Å². The Kier molecular flexibility index (Phi) is 4.11. The van der Waals surface area contributed by atoms with Crippen molar-refractivity contribution in [3.63, 3.8) is 0 Å². The first-order chi connectivity index (χ1) is 8.95. The molecular weight excluding hydrogens is 290 g/mol. The Morgan fingerprint density at radius 2 is 1.68 bits per heavy atom. The molecule has 0 heterocycles. The highest BCUT2D eigenvalue weighted by molar-refractivity contribution is 7.99. The van der Waals surface area contributed by atoms with Crippen LogP contribution in [0.5, 0.6) is 0 Å². The van der Waals surface area contributed by atoms with Gasteiger partial charge in [-0.25, -0.2) is 13.6 Å². The topological polar surface area (TPSA) is 37.3 Å².